The maximum atomic E-state index is 12.7. The van der Waals surface area contributed by atoms with E-state index in [0.29, 0.717) is 42.4 Å². The fraction of sp³-hybridized carbons (Fsp3) is 0.652. The number of aromatic hydroxyl groups is 1. The van der Waals surface area contributed by atoms with Gasteiger partial charge < -0.3 is 15.2 Å². The molecule has 1 aromatic rings. The van der Waals surface area contributed by atoms with Crippen molar-refractivity contribution in [3.8, 4) is 11.5 Å². The van der Waals surface area contributed by atoms with Crippen molar-refractivity contribution in [1.82, 2.24) is 5.32 Å². The van der Waals surface area contributed by atoms with Crippen LogP contribution in [0.3, 0.4) is 0 Å². The van der Waals surface area contributed by atoms with Gasteiger partial charge in [0.15, 0.2) is 0 Å². The molecule has 2 aliphatic carbocycles. The molecule has 1 amide bonds. The number of phenolic OH excluding ortho intramolecular Hbond substituents is 1. The molecule has 1 spiro atoms. The lowest BCUT2D eigenvalue weighted by Crippen LogP contribution is -2.66. The molecule has 5 heteroatoms. The number of hydrogen-bond donors (Lipinski definition) is 2. The SMILES string of the molecule is C[C@@H]1CCC2C(C)(C)C(=O)CC[C@]2(C)[C@@]12Cc1c(O)cc3c(c1O2)CNC3=O. The van der Waals surface area contributed by atoms with Crippen LogP contribution in [0.4, 0.5) is 0 Å². The maximum Gasteiger partial charge on any atom is 0.252 e. The van der Waals surface area contributed by atoms with Gasteiger partial charge in [-0.3, -0.25) is 9.59 Å². The van der Waals surface area contributed by atoms with Gasteiger partial charge in [-0.1, -0.05) is 27.7 Å². The number of rotatable bonds is 0. The second kappa shape index (κ2) is 5.31. The second-order valence-electron chi connectivity index (χ2n) is 10.2. The Morgan fingerprint density at radius 1 is 1.18 bits per heavy atom. The molecule has 0 saturated heterocycles. The first-order chi connectivity index (χ1) is 13.1. The van der Waals surface area contributed by atoms with E-state index in [9.17, 15) is 14.7 Å². The van der Waals surface area contributed by atoms with Crippen molar-refractivity contribution in [3.05, 3.63) is 22.8 Å². The molecule has 5 nitrogen and oxygen atoms in total. The van der Waals surface area contributed by atoms with Gasteiger partial charge >= 0.3 is 0 Å². The summed E-state index contributed by atoms with van der Waals surface area (Å²) >= 11 is 0. The van der Waals surface area contributed by atoms with E-state index >= 15 is 0 Å². The topological polar surface area (TPSA) is 75.6 Å². The summed E-state index contributed by atoms with van der Waals surface area (Å²) in [5.41, 5.74) is 1.26. The number of hydrogen-bond acceptors (Lipinski definition) is 4. The van der Waals surface area contributed by atoms with Crippen molar-refractivity contribution < 1.29 is 19.4 Å². The Balaban J connectivity index is 1.66. The third-order valence-electron chi connectivity index (χ3n) is 8.74. The van der Waals surface area contributed by atoms with Gasteiger partial charge in [-0.15, -0.1) is 0 Å². The minimum atomic E-state index is -0.450. The lowest BCUT2D eigenvalue weighted by Gasteiger charge is -2.62. The Bertz CT molecular complexity index is 920. The number of fused-ring (bicyclic) bond motifs is 5. The van der Waals surface area contributed by atoms with Crippen LogP contribution >= 0.6 is 0 Å². The number of ketones is 1. The third kappa shape index (κ3) is 1.93. The summed E-state index contributed by atoms with van der Waals surface area (Å²) in [7, 11) is 0. The first kappa shape index (κ1) is 18.0. The van der Waals surface area contributed by atoms with E-state index in [2.05, 4.69) is 33.0 Å². The first-order valence-electron chi connectivity index (χ1n) is 10.5. The Hall–Kier alpha value is -2.04. The predicted octanol–water partition coefficient (Wildman–Crippen LogP) is 3.75. The summed E-state index contributed by atoms with van der Waals surface area (Å²) in [5.74, 6) is 1.63. The number of carbonyl (C=O) groups excluding carboxylic acids is 2. The van der Waals surface area contributed by atoms with Crippen LogP contribution in [0.1, 0.15) is 74.9 Å². The van der Waals surface area contributed by atoms with E-state index < -0.39 is 5.60 Å². The summed E-state index contributed by atoms with van der Waals surface area (Å²) in [5, 5.41) is 13.6. The van der Waals surface area contributed by atoms with Crippen molar-refractivity contribution in [2.45, 2.75) is 71.9 Å². The molecule has 4 aliphatic rings. The average Bonchev–Trinajstić information content (AvgIpc) is 3.20. The molecule has 4 atom stereocenters. The van der Waals surface area contributed by atoms with Crippen molar-refractivity contribution in [2.75, 3.05) is 0 Å². The molecular weight excluding hydrogens is 354 g/mol. The van der Waals surface area contributed by atoms with Crippen molar-refractivity contribution in [2.24, 2.45) is 22.7 Å². The van der Waals surface area contributed by atoms with Gasteiger partial charge in [-0.25, -0.2) is 0 Å². The van der Waals surface area contributed by atoms with Gasteiger partial charge in [-0.2, -0.15) is 0 Å². The predicted molar refractivity (Wildman–Crippen MR) is 104 cm³/mol. The Labute approximate surface area is 165 Å². The highest BCUT2D eigenvalue weighted by Crippen LogP contribution is 2.66. The largest absolute Gasteiger partial charge is 0.508 e. The zero-order chi connectivity index (χ0) is 20.1. The smallest absolute Gasteiger partial charge is 0.252 e. The average molecular weight is 383 g/mol. The van der Waals surface area contributed by atoms with Crippen LogP contribution in [0.25, 0.3) is 0 Å². The fourth-order valence-electron chi connectivity index (χ4n) is 7.00. The Morgan fingerprint density at radius 3 is 2.68 bits per heavy atom. The zero-order valence-electron chi connectivity index (χ0n) is 17.1. The van der Waals surface area contributed by atoms with Gasteiger partial charge in [0.05, 0.1) is 5.56 Å². The fourth-order valence-corrected chi connectivity index (χ4v) is 7.00. The molecule has 5 rings (SSSR count). The van der Waals surface area contributed by atoms with Gasteiger partial charge in [0.1, 0.15) is 22.9 Å². The highest BCUT2D eigenvalue weighted by atomic mass is 16.5. The van der Waals surface area contributed by atoms with Gasteiger partial charge in [0.2, 0.25) is 0 Å². The molecule has 150 valence electrons. The molecule has 2 N–H and O–H groups in total. The van der Waals surface area contributed by atoms with Crippen LogP contribution in [-0.2, 0) is 17.8 Å². The van der Waals surface area contributed by atoms with Crippen LogP contribution in [0.15, 0.2) is 6.07 Å². The molecule has 0 bridgehead atoms. The third-order valence-corrected chi connectivity index (χ3v) is 8.74. The lowest BCUT2D eigenvalue weighted by molar-refractivity contribution is -0.188. The van der Waals surface area contributed by atoms with Crippen LogP contribution < -0.4 is 10.1 Å². The Morgan fingerprint density at radius 2 is 1.93 bits per heavy atom. The van der Waals surface area contributed by atoms with E-state index in [1.165, 1.54) is 0 Å². The second-order valence-corrected chi connectivity index (χ2v) is 10.2. The summed E-state index contributed by atoms with van der Waals surface area (Å²) in [6.45, 7) is 9.19. The van der Waals surface area contributed by atoms with E-state index in [-0.39, 0.29) is 28.4 Å². The molecular formula is C23H29NO4. The molecule has 0 radical (unpaired) electrons. The molecule has 0 aromatic heterocycles. The number of phenols is 1. The van der Waals surface area contributed by atoms with Crippen LogP contribution in [0, 0.1) is 22.7 Å². The molecule has 28 heavy (non-hydrogen) atoms. The normalized spacial score (nSPS) is 37.9. The summed E-state index contributed by atoms with van der Waals surface area (Å²) in [4.78, 5) is 24.9. The lowest BCUT2D eigenvalue weighted by atomic mass is 9.44. The summed E-state index contributed by atoms with van der Waals surface area (Å²) in [6.07, 6.45) is 4.08. The number of amides is 1. The van der Waals surface area contributed by atoms with Crippen LogP contribution in [0.2, 0.25) is 0 Å². The minimum absolute atomic E-state index is 0.150. The highest BCUT2D eigenvalue weighted by Gasteiger charge is 2.67. The van der Waals surface area contributed by atoms with Gasteiger partial charge in [0, 0.05) is 41.3 Å². The zero-order valence-corrected chi connectivity index (χ0v) is 17.1. The maximum absolute atomic E-state index is 12.7. The van der Waals surface area contributed by atoms with Crippen molar-refractivity contribution >= 4 is 11.7 Å². The van der Waals surface area contributed by atoms with E-state index in [4.69, 9.17) is 4.74 Å². The van der Waals surface area contributed by atoms with Gasteiger partial charge in [0.25, 0.3) is 5.91 Å². The van der Waals surface area contributed by atoms with E-state index in [1.54, 1.807) is 6.07 Å². The number of benzene rings is 1. The number of carbonyl (C=O) groups is 2. The van der Waals surface area contributed by atoms with Crippen molar-refractivity contribution in [1.29, 1.82) is 0 Å². The summed E-state index contributed by atoms with van der Waals surface area (Å²) in [6, 6.07) is 1.60. The molecule has 2 saturated carbocycles. The monoisotopic (exact) mass is 383 g/mol. The summed E-state index contributed by atoms with van der Waals surface area (Å²) < 4.78 is 6.86. The molecule has 1 aromatic carbocycles. The highest BCUT2D eigenvalue weighted by molar-refractivity contribution is 6.00. The molecule has 1 unspecified atom stereocenters. The molecule has 2 fully saturated rings. The quantitative estimate of drug-likeness (QED) is 0.715. The Kier molecular flexibility index (Phi) is 3.42. The number of nitrogens with one attached hydrogen (secondary N) is 1. The number of ether oxygens (including phenoxy) is 1. The van der Waals surface area contributed by atoms with Crippen LogP contribution in [-0.4, -0.2) is 22.4 Å². The molecule has 2 heterocycles. The van der Waals surface area contributed by atoms with E-state index in [1.807, 2.05) is 0 Å². The minimum Gasteiger partial charge on any atom is -0.508 e. The van der Waals surface area contributed by atoms with Crippen LogP contribution in [0.5, 0.6) is 11.5 Å². The van der Waals surface area contributed by atoms with Crippen molar-refractivity contribution in [3.63, 3.8) is 0 Å². The molecule has 2 aliphatic heterocycles. The first-order valence-corrected chi connectivity index (χ1v) is 10.5. The standard InChI is InChI=1S/C23H29NO4/c1-12-5-6-17-21(2,3)18(26)7-8-22(17,4)23(12)10-14-16(25)9-13-15(19(14)28-23)11-24-20(13)27/h9,12,17,25H,5-8,10-11H2,1-4H3,(H,24,27)/t12-,17?,22+,23-/m1/s1. The number of Topliss-reactive ketones (excluding diaryl/α,β-unsaturated/α-hetero) is 1. The van der Waals surface area contributed by atoms with Gasteiger partial charge in [-0.05, 0) is 37.2 Å². The van der Waals surface area contributed by atoms with E-state index in [0.717, 1.165) is 30.4 Å².